The molecule has 1 aromatic rings. The summed E-state index contributed by atoms with van der Waals surface area (Å²) in [7, 11) is -0.905. The molecular weight excluding hydrogens is 270 g/mol. The first-order chi connectivity index (χ1) is 8.83. The summed E-state index contributed by atoms with van der Waals surface area (Å²) >= 11 is 0. The van der Waals surface area contributed by atoms with Gasteiger partial charge in [-0.15, -0.1) is 0 Å². The molecule has 1 aromatic carbocycles. The van der Waals surface area contributed by atoms with Gasteiger partial charge in [-0.25, -0.2) is 8.42 Å². The van der Waals surface area contributed by atoms with Crippen molar-refractivity contribution < 1.29 is 23.0 Å². The number of rotatable bonds is 4. The monoisotopic (exact) mass is 283 g/mol. The van der Waals surface area contributed by atoms with Gasteiger partial charge in [0.15, 0.2) is 21.3 Å². The van der Waals surface area contributed by atoms with E-state index in [9.17, 15) is 13.5 Å². The SMILES string of the molecule is COc1cc(/C=C(\C#N)S(C)(=O)=O)cc(OC)c1O. The normalized spacial score (nSPS) is 11.8. The van der Waals surface area contributed by atoms with Crippen LogP contribution in [-0.2, 0) is 9.84 Å². The number of ether oxygens (including phenoxy) is 2. The Morgan fingerprint density at radius 1 is 1.32 bits per heavy atom. The van der Waals surface area contributed by atoms with Crippen molar-refractivity contribution in [1.82, 2.24) is 0 Å². The van der Waals surface area contributed by atoms with Crippen LogP contribution in [0.5, 0.6) is 17.2 Å². The van der Waals surface area contributed by atoms with Crippen molar-refractivity contribution in [2.75, 3.05) is 20.5 Å². The van der Waals surface area contributed by atoms with Crippen LogP contribution in [0.2, 0.25) is 0 Å². The fraction of sp³-hybridized carbons (Fsp3) is 0.250. The Kier molecular flexibility index (Phi) is 4.40. The number of sulfone groups is 1. The van der Waals surface area contributed by atoms with Crippen LogP contribution in [0.3, 0.4) is 0 Å². The van der Waals surface area contributed by atoms with E-state index in [2.05, 4.69) is 0 Å². The molecule has 0 aliphatic heterocycles. The number of hydrogen-bond acceptors (Lipinski definition) is 6. The zero-order valence-corrected chi connectivity index (χ0v) is 11.5. The lowest BCUT2D eigenvalue weighted by molar-refractivity contribution is 0.340. The molecule has 0 saturated heterocycles. The topological polar surface area (TPSA) is 96.6 Å². The number of hydrogen-bond donors (Lipinski definition) is 1. The molecule has 1 N–H and O–H groups in total. The highest BCUT2D eigenvalue weighted by atomic mass is 32.2. The predicted octanol–water partition coefficient (Wildman–Crippen LogP) is 1.32. The van der Waals surface area contributed by atoms with Gasteiger partial charge < -0.3 is 14.6 Å². The summed E-state index contributed by atoms with van der Waals surface area (Å²) in [5.74, 6) is 0.0489. The third kappa shape index (κ3) is 3.39. The molecule has 19 heavy (non-hydrogen) atoms. The van der Waals surface area contributed by atoms with Gasteiger partial charge in [-0.2, -0.15) is 5.26 Å². The Labute approximate surface area is 111 Å². The number of allylic oxidation sites excluding steroid dienone is 1. The van der Waals surface area contributed by atoms with Crippen molar-refractivity contribution in [2.45, 2.75) is 0 Å². The van der Waals surface area contributed by atoms with Crippen LogP contribution in [-0.4, -0.2) is 34.0 Å². The smallest absolute Gasteiger partial charge is 0.200 e. The second kappa shape index (κ2) is 5.63. The molecule has 7 heteroatoms. The number of phenols is 1. The highest BCUT2D eigenvalue weighted by Gasteiger charge is 2.14. The van der Waals surface area contributed by atoms with Crippen molar-refractivity contribution >= 4 is 15.9 Å². The van der Waals surface area contributed by atoms with E-state index in [1.54, 1.807) is 6.07 Å². The molecule has 0 atom stereocenters. The summed E-state index contributed by atoms with van der Waals surface area (Å²) in [5, 5.41) is 18.5. The van der Waals surface area contributed by atoms with E-state index in [0.29, 0.717) is 5.56 Å². The van der Waals surface area contributed by atoms with E-state index in [-0.39, 0.29) is 22.2 Å². The van der Waals surface area contributed by atoms with E-state index in [1.807, 2.05) is 0 Å². The fourth-order valence-electron chi connectivity index (χ4n) is 1.37. The van der Waals surface area contributed by atoms with Crippen molar-refractivity contribution in [1.29, 1.82) is 5.26 Å². The van der Waals surface area contributed by atoms with Crippen molar-refractivity contribution in [3.8, 4) is 23.3 Å². The van der Waals surface area contributed by atoms with Gasteiger partial charge >= 0.3 is 0 Å². The molecule has 0 aromatic heterocycles. The summed E-state index contributed by atoms with van der Waals surface area (Å²) in [6.45, 7) is 0. The molecule has 0 heterocycles. The summed E-state index contributed by atoms with van der Waals surface area (Å²) in [4.78, 5) is -0.387. The Morgan fingerprint density at radius 3 is 2.11 bits per heavy atom. The third-order valence-electron chi connectivity index (χ3n) is 2.31. The first kappa shape index (κ1) is 14.9. The first-order valence-electron chi connectivity index (χ1n) is 5.10. The molecular formula is C12H13NO5S. The van der Waals surface area contributed by atoms with Crippen LogP contribution in [0.25, 0.3) is 6.08 Å². The molecule has 0 amide bonds. The van der Waals surface area contributed by atoms with Gasteiger partial charge in [-0.05, 0) is 23.8 Å². The van der Waals surface area contributed by atoms with Gasteiger partial charge in [-0.1, -0.05) is 0 Å². The highest BCUT2D eigenvalue weighted by molar-refractivity contribution is 7.95. The minimum atomic E-state index is -3.61. The summed E-state index contributed by atoms with van der Waals surface area (Å²) in [5.41, 5.74) is 0.369. The van der Waals surface area contributed by atoms with Gasteiger partial charge in [0.05, 0.1) is 14.2 Å². The lowest BCUT2D eigenvalue weighted by atomic mass is 10.1. The molecule has 0 fully saturated rings. The van der Waals surface area contributed by atoms with Gasteiger partial charge in [0.25, 0.3) is 0 Å². The number of nitrogens with zero attached hydrogens (tertiary/aromatic N) is 1. The lowest BCUT2D eigenvalue weighted by Gasteiger charge is -2.09. The van der Waals surface area contributed by atoms with E-state index in [0.717, 1.165) is 6.26 Å². The average Bonchev–Trinajstić information content (AvgIpc) is 2.35. The van der Waals surface area contributed by atoms with Gasteiger partial charge in [0.1, 0.15) is 11.0 Å². The van der Waals surface area contributed by atoms with Gasteiger partial charge in [0, 0.05) is 6.26 Å². The molecule has 0 saturated carbocycles. The zero-order chi connectivity index (χ0) is 14.6. The number of nitriles is 1. The minimum Gasteiger partial charge on any atom is -0.502 e. The zero-order valence-electron chi connectivity index (χ0n) is 10.7. The Balaban J connectivity index is 3.45. The Hall–Kier alpha value is -2.20. The number of phenolic OH excluding ortho intramolecular Hbond substituents is 1. The summed E-state index contributed by atoms with van der Waals surface area (Å²) < 4.78 is 32.6. The third-order valence-corrected chi connectivity index (χ3v) is 3.32. The van der Waals surface area contributed by atoms with Crippen molar-refractivity contribution in [2.24, 2.45) is 0 Å². The van der Waals surface area contributed by atoms with Crippen LogP contribution in [0.15, 0.2) is 17.0 Å². The van der Waals surface area contributed by atoms with Crippen LogP contribution in [0.1, 0.15) is 5.56 Å². The lowest BCUT2D eigenvalue weighted by Crippen LogP contribution is -1.98. The predicted molar refractivity (Wildman–Crippen MR) is 69.6 cm³/mol. The number of methoxy groups -OCH3 is 2. The largest absolute Gasteiger partial charge is 0.502 e. The minimum absolute atomic E-state index is 0.122. The van der Waals surface area contributed by atoms with Gasteiger partial charge in [0.2, 0.25) is 5.75 Å². The van der Waals surface area contributed by atoms with Crippen LogP contribution in [0, 0.1) is 11.3 Å². The first-order valence-corrected chi connectivity index (χ1v) is 6.99. The standard InChI is InChI=1S/C12H13NO5S/c1-17-10-5-8(6-11(18-2)12(10)14)4-9(7-13)19(3,15)16/h4-6,14H,1-3H3/b9-4+. The maximum absolute atomic E-state index is 11.3. The maximum atomic E-state index is 11.3. The van der Waals surface area contributed by atoms with Crippen molar-refractivity contribution in [3.63, 3.8) is 0 Å². The van der Waals surface area contributed by atoms with E-state index in [4.69, 9.17) is 14.7 Å². The number of benzene rings is 1. The van der Waals surface area contributed by atoms with Crippen LogP contribution in [0.4, 0.5) is 0 Å². The average molecular weight is 283 g/mol. The Morgan fingerprint density at radius 2 is 1.79 bits per heavy atom. The van der Waals surface area contributed by atoms with E-state index >= 15 is 0 Å². The van der Waals surface area contributed by atoms with E-state index < -0.39 is 9.84 Å². The quantitative estimate of drug-likeness (QED) is 0.837. The second-order valence-corrected chi connectivity index (χ2v) is 5.65. The molecule has 0 unspecified atom stereocenters. The molecule has 0 bridgehead atoms. The number of aromatic hydroxyl groups is 1. The molecule has 1 rings (SSSR count). The summed E-state index contributed by atoms with van der Waals surface area (Å²) in [6.07, 6.45) is 2.12. The maximum Gasteiger partial charge on any atom is 0.200 e. The highest BCUT2D eigenvalue weighted by Crippen LogP contribution is 2.37. The molecule has 0 radical (unpaired) electrons. The molecule has 0 aliphatic rings. The van der Waals surface area contributed by atoms with E-state index in [1.165, 1.54) is 32.4 Å². The second-order valence-electron chi connectivity index (χ2n) is 3.67. The van der Waals surface area contributed by atoms with Crippen LogP contribution < -0.4 is 9.47 Å². The Bertz CT molecular complexity index is 630. The molecule has 0 aliphatic carbocycles. The molecule has 0 spiro atoms. The summed E-state index contributed by atoms with van der Waals surface area (Å²) in [6, 6.07) is 4.42. The molecule has 6 nitrogen and oxygen atoms in total. The fourth-order valence-corrected chi connectivity index (χ4v) is 1.89. The van der Waals surface area contributed by atoms with Gasteiger partial charge in [-0.3, -0.25) is 0 Å². The molecule has 102 valence electrons. The van der Waals surface area contributed by atoms with Crippen molar-refractivity contribution in [3.05, 3.63) is 22.6 Å². The van der Waals surface area contributed by atoms with Crippen LogP contribution >= 0.6 is 0 Å².